The van der Waals surface area contributed by atoms with Crippen molar-refractivity contribution in [2.24, 2.45) is 0 Å². The minimum Gasteiger partial charge on any atom is -0.317 e. The molecule has 0 spiro atoms. The van der Waals surface area contributed by atoms with E-state index in [1.54, 1.807) is 0 Å². The van der Waals surface area contributed by atoms with Gasteiger partial charge in [0.25, 0.3) is 0 Å². The van der Waals surface area contributed by atoms with E-state index in [4.69, 9.17) is 0 Å². The van der Waals surface area contributed by atoms with Crippen molar-refractivity contribution in [3.05, 3.63) is 12.2 Å². The molecule has 4 heteroatoms. The van der Waals surface area contributed by atoms with Gasteiger partial charge in [0.15, 0.2) is 0 Å². The van der Waals surface area contributed by atoms with Gasteiger partial charge in [0.1, 0.15) is 0 Å². The monoisotopic (exact) mass is 284 g/mol. The molecule has 0 aromatic rings. The molecular weight excluding hydrogens is 248 g/mol. The van der Waals surface area contributed by atoms with Crippen molar-refractivity contribution in [1.29, 1.82) is 0 Å². The number of unbranched alkanes of at least 4 members (excludes halogenated alkanes) is 2. The smallest absolute Gasteiger partial charge is 0.0135 e. The van der Waals surface area contributed by atoms with Gasteiger partial charge in [0.2, 0.25) is 0 Å². The van der Waals surface area contributed by atoms with Crippen molar-refractivity contribution in [3.8, 4) is 0 Å². The van der Waals surface area contributed by atoms with Gasteiger partial charge in [-0.25, -0.2) is 0 Å². The number of likely N-dealkylation sites (N-methyl/N-ethyl adjacent to an activating group) is 1. The zero-order valence-electron chi connectivity index (χ0n) is 13.6. The molecule has 0 aromatic carbocycles. The number of hydrogen-bond donors (Lipinski definition) is 4. The summed E-state index contributed by atoms with van der Waals surface area (Å²) in [4.78, 5) is 0. The lowest BCUT2D eigenvalue weighted by molar-refractivity contribution is 0.563. The van der Waals surface area contributed by atoms with Gasteiger partial charge in [-0.05, 0) is 65.0 Å². The Morgan fingerprint density at radius 3 is 1.55 bits per heavy atom. The largest absolute Gasteiger partial charge is 0.317 e. The molecule has 0 aliphatic carbocycles. The summed E-state index contributed by atoms with van der Waals surface area (Å²) in [6, 6.07) is 0. The van der Waals surface area contributed by atoms with Crippen molar-refractivity contribution in [2.45, 2.75) is 39.5 Å². The highest BCUT2D eigenvalue weighted by atomic mass is 14.9. The number of hydrogen-bond acceptors (Lipinski definition) is 4. The molecule has 4 N–H and O–H groups in total. The molecule has 0 rings (SSSR count). The third-order valence-corrected chi connectivity index (χ3v) is 3.11. The summed E-state index contributed by atoms with van der Waals surface area (Å²) in [5, 5.41) is 13.6. The highest BCUT2D eigenvalue weighted by Gasteiger charge is 1.90. The van der Waals surface area contributed by atoms with Crippen LogP contribution in [0.2, 0.25) is 0 Å². The maximum Gasteiger partial charge on any atom is 0.0135 e. The first-order valence-corrected chi connectivity index (χ1v) is 8.39. The second kappa shape index (κ2) is 18.6. The molecule has 20 heavy (non-hydrogen) atoms. The van der Waals surface area contributed by atoms with Crippen LogP contribution in [0.5, 0.6) is 0 Å². The van der Waals surface area contributed by atoms with Gasteiger partial charge < -0.3 is 21.3 Å². The van der Waals surface area contributed by atoms with Gasteiger partial charge in [0, 0.05) is 13.1 Å². The van der Waals surface area contributed by atoms with Crippen LogP contribution in [0.1, 0.15) is 39.5 Å². The Hall–Kier alpha value is -0.420. The van der Waals surface area contributed by atoms with E-state index in [-0.39, 0.29) is 0 Å². The Bertz CT molecular complexity index is 195. The highest BCUT2D eigenvalue weighted by molar-refractivity contribution is 4.85. The lowest BCUT2D eigenvalue weighted by Crippen LogP contribution is -2.21. The summed E-state index contributed by atoms with van der Waals surface area (Å²) in [6.07, 6.45) is 9.47. The van der Waals surface area contributed by atoms with Crippen LogP contribution in [0.3, 0.4) is 0 Å². The fraction of sp³-hybridized carbons (Fsp3) is 0.875. The molecule has 120 valence electrons. The van der Waals surface area contributed by atoms with E-state index in [9.17, 15) is 0 Å². The predicted octanol–water partition coefficient (Wildman–Crippen LogP) is 1.50. The Kier molecular flexibility index (Phi) is 18.2. The average molecular weight is 284 g/mol. The molecule has 0 fully saturated rings. The molecule has 0 saturated heterocycles. The van der Waals surface area contributed by atoms with E-state index in [1.807, 2.05) is 0 Å². The average Bonchev–Trinajstić information content (AvgIpc) is 2.47. The van der Waals surface area contributed by atoms with E-state index in [0.717, 1.165) is 52.4 Å². The van der Waals surface area contributed by atoms with Crippen molar-refractivity contribution in [2.75, 3.05) is 52.4 Å². The Morgan fingerprint density at radius 2 is 1.00 bits per heavy atom. The lowest BCUT2D eigenvalue weighted by atomic mass is 10.2. The van der Waals surface area contributed by atoms with Crippen LogP contribution in [0, 0.1) is 0 Å². The number of rotatable bonds is 16. The molecule has 0 saturated carbocycles. The molecule has 0 atom stereocenters. The van der Waals surface area contributed by atoms with Crippen LogP contribution in [0.4, 0.5) is 0 Å². The summed E-state index contributed by atoms with van der Waals surface area (Å²) in [5.74, 6) is 0. The maximum absolute atomic E-state index is 3.51. The normalized spacial score (nSPS) is 11.5. The van der Waals surface area contributed by atoms with Crippen LogP contribution in [0.15, 0.2) is 12.2 Å². The van der Waals surface area contributed by atoms with Crippen LogP contribution in [0.25, 0.3) is 0 Å². The van der Waals surface area contributed by atoms with Crippen LogP contribution < -0.4 is 21.3 Å². The molecular formula is C16H36N4. The second-order valence-corrected chi connectivity index (χ2v) is 5.00. The molecule has 0 aliphatic heterocycles. The standard InChI is InChI=1S/C16H36N4/c1-3-17-11-5-7-13-19-15-9-10-16-20-14-8-6-12-18-4-2/h5,7,17-20H,3-4,6,8-16H2,1-2H3/b7-5-. The first-order valence-electron chi connectivity index (χ1n) is 8.39. The van der Waals surface area contributed by atoms with Gasteiger partial charge in [-0.1, -0.05) is 26.0 Å². The lowest BCUT2D eigenvalue weighted by Gasteiger charge is -2.05. The molecule has 0 bridgehead atoms. The molecule has 0 radical (unpaired) electrons. The van der Waals surface area contributed by atoms with Crippen LogP contribution >= 0.6 is 0 Å². The third kappa shape index (κ3) is 17.6. The third-order valence-electron chi connectivity index (χ3n) is 3.11. The summed E-state index contributed by atoms with van der Waals surface area (Å²) >= 11 is 0. The Morgan fingerprint density at radius 1 is 0.550 bits per heavy atom. The molecule has 4 nitrogen and oxygen atoms in total. The predicted molar refractivity (Wildman–Crippen MR) is 90.4 cm³/mol. The van der Waals surface area contributed by atoms with E-state index in [0.29, 0.717) is 0 Å². The maximum atomic E-state index is 3.51. The minimum atomic E-state index is 0.982. The van der Waals surface area contributed by atoms with Gasteiger partial charge in [-0.3, -0.25) is 0 Å². The van der Waals surface area contributed by atoms with Gasteiger partial charge >= 0.3 is 0 Å². The quantitative estimate of drug-likeness (QED) is 0.256. The van der Waals surface area contributed by atoms with Crippen LogP contribution in [-0.4, -0.2) is 52.4 Å². The second-order valence-electron chi connectivity index (χ2n) is 5.00. The molecule has 0 heterocycles. The van der Waals surface area contributed by atoms with E-state index in [1.165, 1.54) is 25.7 Å². The minimum absolute atomic E-state index is 0.982. The molecule has 0 aromatic heterocycles. The van der Waals surface area contributed by atoms with Gasteiger partial charge in [-0.2, -0.15) is 0 Å². The summed E-state index contributed by atoms with van der Waals surface area (Å²) in [7, 11) is 0. The fourth-order valence-electron chi connectivity index (χ4n) is 1.88. The van der Waals surface area contributed by atoms with E-state index in [2.05, 4.69) is 47.3 Å². The first kappa shape index (κ1) is 19.6. The van der Waals surface area contributed by atoms with Crippen molar-refractivity contribution >= 4 is 0 Å². The first-order chi connectivity index (χ1) is 9.91. The number of nitrogens with one attached hydrogen (secondary N) is 4. The Balaban J connectivity index is 2.97. The Labute approximate surface area is 126 Å². The summed E-state index contributed by atoms with van der Waals surface area (Å²) in [5.41, 5.74) is 0. The van der Waals surface area contributed by atoms with E-state index >= 15 is 0 Å². The van der Waals surface area contributed by atoms with Gasteiger partial charge in [0.05, 0.1) is 0 Å². The van der Waals surface area contributed by atoms with Gasteiger partial charge in [-0.15, -0.1) is 0 Å². The van der Waals surface area contributed by atoms with Crippen molar-refractivity contribution in [3.63, 3.8) is 0 Å². The van der Waals surface area contributed by atoms with Crippen molar-refractivity contribution < 1.29 is 0 Å². The van der Waals surface area contributed by atoms with Crippen LogP contribution in [-0.2, 0) is 0 Å². The summed E-state index contributed by atoms with van der Waals surface area (Å²) < 4.78 is 0. The zero-order valence-corrected chi connectivity index (χ0v) is 13.6. The van der Waals surface area contributed by atoms with E-state index < -0.39 is 0 Å². The fourth-order valence-corrected chi connectivity index (χ4v) is 1.88. The summed E-state index contributed by atoms with van der Waals surface area (Å²) in [6.45, 7) is 13.0. The molecule has 0 amide bonds. The zero-order chi connectivity index (χ0) is 14.7. The molecule has 0 unspecified atom stereocenters. The SMILES string of the molecule is CCNC/C=C\CNCCCCNCCCCNCC. The molecule has 0 aliphatic rings. The highest BCUT2D eigenvalue weighted by Crippen LogP contribution is 1.87. The van der Waals surface area contributed by atoms with Crippen molar-refractivity contribution in [1.82, 2.24) is 21.3 Å². The topological polar surface area (TPSA) is 48.1 Å².